The lowest BCUT2D eigenvalue weighted by atomic mass is 10.0. The van der Waals surface area contributed by atoms with Gasteiger partial charge >= 0.3 is 0 Å². The summed E-state index contributed by atoms with van der Waals surface area (Å²) in [6.07, 6.45) is 4.03. The highest BCUT2D eigenvalue weighted by atomic mass is 15.3. The molecule has 0 bridgehead atoms. The minimum Gasteiger partial charge on any atom is -0.367 e. The second-order valence-corrected chi connectivity index (χ2v) is 4.00. The van der Waals surface area contributed by atoms with Crippen molar-refractivity contribution in [2.24, 2.45) is 11.8 Å². The number of aromatic amines is 1. The maximum absolute atomic E-state index is 5.44. The van der Waals surface area contributed by atoms with E-state index in [0.717, 1.165) is 17.7 Å². The zero-order valence-corrected chi connectivity index (χ0v) is 6.83. The van der Waals surface area contributed by atoms with Crippen molar-refractivity contribution < 1.29 is 0 Å². The second kappa shape index (κ2) is 2.00. The number of H-pyrrole nitrogens is 1. The van der Waals surface area contributed by atoms with Crippen molar-refractivity contribution in [3.8, 4) is 0 Å². The topological polar surface area (TPSA) is 67.6 Å². The van der Waals surface area contributed by atoms with Gasteiger partial charge in [0.2, 0.25) is 5.95 Å². The summed E-state index contributed by atoms with van der Waals surface area (Å²) in [5, 5.41) is 6.75. The lowest BCUT2D eigenvalue weighted by Gasteiger charge is -2.05. The Morgan fingerprint density at radius 1 is 1.25 bits per heavy atom. The largest absolute Gasteiger partial charge is 0.367 e. The standard InChI is InChI=1S/C8H12N4/c9-8-10-7(11-12-8)6-2-4-1-5(4)3-6/h4-6H,1-3H2,(H3,9,10,11,12). The van der Waals surface area contributed by atoms with Gasteiger partial charge in [0.15, 0.2) is 0 Å². The molecule has 2 aliphatic rings. The minimum atomic E-state index is 0.380. The lowest BCUT2D eigenvalue weighted by Crippen LogP contribution is -1.98. The Morgan fingerprint density at radius 3 is 2.58 bits per heavy atom. The van der Waals surface area contributed by atoms with Crippen molar-refractivity contribution >= 4 is 5.95 Å². The third kappa shape index (κ3) is 0.838. The number of hydrogen-bond acceptors (Lipinski definition) is 3. The maximum atomic E-state index is 5.44. The van der Waals surface area contributed by atoms with E-state index in [1.807, 2.05) is 0 Å². The highest BCUT2D eigenvalue weighted by Gasteiger charge is 2.47. The van der Waals surface area contributed by atoms with Gasteiger partial charge in [0.25, 0.3) is 0 Å². The Labute approximate surface area is 70.6 Å². The quantitative estimate of drug-likeness (QED) is 0.648. The summed E-state index contributed by atoms with van der Waals surface area (Å²) in [5.74, 6) is 3.96. The molecule has 0 saturated heterocycles. The fourth-order valence-electron chi connectivity index (χ4n) is 2.41. The first-order valence-electron chi connectivity index (χ1n) is 4.50. The maximum Gasteiger partial charge on any atom is 0.239 e. The zero-order chi connectivity index (χ0) is 8.13. The molecule has 0 aliphatic heterocycles. The molecular formula is C8H12N4. The number of aromatic nitrogens is 3. The number of hydrogen-bond donors (Lipinski definition) is 2. The van der Waals surface area contributed by atoms with Gasteiger partial charge in [-0.15, -0.1) is 5.10 Å². The van der Waals surface area contributed by atoms with Crippen molar-refractivity contribution in [1.29, 1.82) is 0 Å². The van der Waals surface area contributed by atoms with Crippen molar-refractivity contribution in [2.75, 3.05) is 5.73 Å². The summed E-state index contributed by atoms with van der Waals surface area (Å²) >= 11 is 0. The van der Waals surface area contributed by atoms with Crippen LogP contribution >= 0.6 is 0 Å². The molecule has 2 saturated carbocycles. The summed E-state index contributed by atoms with van der Waals surface area (Å²) in [7, 11) is 0. The monoisotopic (exact) mass is 164 g/mol. The Bertz CT molecular complexity index is 296. The number of nitrogens with zero attached hydrogens (tertiary/aromatic N) is 2. The van der Waals surface area contributed by atoms with Crippen LogP contribution in [0.2, 0.25) is 0 Å². The molecule has 0 radical (unpaired) electrons. The third-order valence-electron chi connectivity index (χ3n) is 3.15. The van der Waals surface area contributed by atoms with E-state index < -0.39 is 0 Å². The van der Waals surface area contributed by atoms with Gasteiger partial charge in [0, 0.05) is 5.92 Å². The average molecular weight is 164 g/mol. The number of nitrogens with one attached hydrogen (secondary N) is 1. The van der Waals surface area contributed by atoms with E-state index in [9.17, 15) is 0 Å². The number of nitrogen functional groups attached to an aromatic ring is 1. The second-order valence-electron chi connectivity index (χ2n) is 4.00. The molecule has 1 aromatic heterocycles. The van der Waals surface area contributed by atoms with Crippen LogP contribution in [0.1, 0.15) is 31.0 Å². The highest BCUT2D eigenvalue weighted by molar-refractivity contribution is 5.17. The fourth-order valence-corrected chi connectivity index (χ4v) is 2.41. The Hall–Kier alpha value is -1.06. The van der Waals surface area contributed by atoms with Crippen molar-refractivity contribution in [2.45, 2.75) is 25.2 Å². The number of anilines is 1. The Kier molecular flexibility index (Phi) is 1.07. The summed E-state index contributed by atoms with van der Waals surface area (Å²) in [6, 6.07) is 0. The first kappa shape index (κ1) is 6.46. The molecule has 2 unspecified atom stereocenters. The van der Waals surface area contributed by atoms with Gasteiger partial charge in [-0.05, 0) is 31.1 Å². The van der Waals surface area contributed by atoms with Crippen LogP contribution in [0.15, 0.2) is 0 Å². The molecule has 0 amide bonds. The lowest BCUT2D eigenvalue weighted by molar-refractivity contribution is 0.592. The third-order valence-corrected chi connectivity index (χ3v) is 3.15. The van der Waals surface area contributed by atoms with E-state index in [1.54, 1.807) is 0 Å². The van der Waals surface area contributed by atoms with Gasteiger partial charge < -0.3 is 5.73 Å². The van der Waals surface area contributed by atoms with E-state index in [0.29, 0.717) is 11.9 Å². The molecule has 1 heterocycles. The molecule has 1 aromatic rings. The summed E-state index contributed by atoms with van der Waals surface area (Å²) in [5.41, 5.74) is 5.44. The molecule has 2 aliphatic carbocycles. The molecule has 4 nitrogen and oxygen atoms in total. The molecule has 4 heteroatoms. The predicted molar refractivity (Wildman–Crippen MR) is 44.4 cm³/mol. The zero-order valence-electron chi connectivity index (χ0n) is 6.83. The molecule has 0 aromatic carbocycles. The molecule has 12 heavy (non-hydrogen) atoms. The van der Waals surface area contributed by atoms with E-state index >= 15 is 0 Å². The van der Waals surface area contributed by atoms with E-state index in [2.05, 4.69) is 15.2 Å². The van der Waals surface area contributed by atoms with Crippen molar-refractivity contribution in [1.82, 2.24) is 15.2 Å². The van der Waals surface area contributed by atoms with Crippen LogP contribution < -0.4 is 5.73 Å². The average Bonchev–Trinajstić information content (AvgIpc) is 2.49. The van der Waals surface area contributed by atoms with Crippen LogP contribution in [0.5, 0.6) is 0 Å². The SMILES string of the molecule is Nc1n[nH]c(C2CC3CC3C2)n1. The van der Waals surface area contributed by atoms with E-state index in [1.165, 1.54) is 19.3 Å². The van der Waals surface area contributed by atoms with Gasteiger partial charge in [-0.1, -0.05) is 0 Å². The van der Waals surface area contributed by atoms with Crippen LogP contribution in [-0.4, -0.2) is 15.2 Å². The van der Waals surface area contributed by atoms with Crippen LogP contribution in [0.25, 0.3) is 0 Å². The molecule has 64 valence electrons. The van der Waals surface area contributed by atoms with Crippen LogP contribution in [0.4, 0.5) is 5.95 Å². The summed E-state index contributed by atoms with van der Waals surface area (Å²) in [4.78, 5) is 4.16. The molecule has 3 rings (SSSR count). The van der Waals surface area contributed by atoms with E-state index in [4.69, 9.17) is 5.73 Å². The molecule has 2 atom stereocenters. The first-order valence-corrected chi connectivity index (χ1v) is 4.50. The minimum absolute atomic E-state index is 0.380. The molecule has 3 N–H and O–H groups in total. The number of rotatable bonds is 1. The normalized spacial score (nSPS) is 38.2. The summed E-state index contributed by atoms with van der Waals surface area (Å²) in [6.45, 7) is 0. The smallest absolute Gasteiger partial charge is 0.239 e. The molecule has 2 fully saturated rings. The predicted octanol–water partition coefficient (Wildman–Crippen LogP) is 0.900. The summed E-state index contributed by atoms with van der Waals surface area (Å²) < 4.78 is 0. The van der Waals surface area contributed by atoms with Gasteiger partial charge in [0.05, 0.1) is 0 Å². The van der Waals surface area contributed by atoms with Crippen LogP contribution in [0, 0.1) is 11.8 Å². The molecule has 0 spiro atoms. The van der Waals surface area contributed by atoms with E-state index in [-0.39, 0.29) is 0 Å². The van der Waals surface area contributed by atoms with Crippen LogP contribution in [-0.2, 0) is 0 Å². The number of nitrogens with two attached hydrogens (primary N) is 1. The van der Waals surface area contributed by atoms with Crippen LogP contribution in [0.3, 0.4) is 0 Å². The fraction of sp³-hybridized carbons (Fsp3) is 0.750. The number of fused-ring (bicyclic) bond motifs is 1. The van der Waals surface area contributed by atoms with Gasteiger partial charge in [0.1, 0.15) is 5.82 Å². The van der Waals surface area contributed by atoms with Gasteiger partial charge in [-0.2, -0.15) is 4.98 Å². The van der Waals surface area contributed by atoms with Gasteiger partial charge in [-0.3, -0.25) is 5.10 Å². The van der Waals surface area contributed by atoms with Crippen molar-refractivity contribution in [3.05, 3.63) is 5.82 Å². The van der Waals surface area contributed by atoms with Gasteiger partial charge in [-0.25, -0.2) is 0 Å². The molecular weight excluding hydrogens is 152 g/mol. The first-order chi connectivity index (χ1) is 5.83. The van der Waals surface area contributed by atoms with Crippen molar-refractivity contribution in [3.63, 3.8) is 0 Å². The Balaban J connectivity index is 1.81. The Morgan fingerprint density at radius 2 is 2.00 bits per heavy atom. The highest BCUT2D eigenvalue weighted by Crippen LogP contribution is 2.56.